The van der Waals surface area contributed by atoms with Crippen molar-refractivity contribution in [2.45, 2.75) is 6.54 Å². The Morgan fingerprint density at radius 2 is 2.04 bits per heavy atom. The number of halogens is 2. The number of hydrogen-bond donors (Lipinski definition) is 1. The van der Waals surface area contributed by atoms with Crippen LogP contribution in [0.4, 0.5) is 14.9 Å². The van der Waals surface area contributed by atoms with Crippen LogP contribution in [0.5, 0.6) is 5.75 Å². The lowest BCUT2D eigenvalue weighted by Crippen LogP contribution is -2.27. The van der Waals surface area contributed by atoms with Gasteiger partial charge in [0.1, 0.15) is 5.82 Å². The number of carbonyl (C=O) groups excluding carboxylic acids is 2. The Bertz CT molecular complexity index is 1010. The van der Waals surface area contributed by atoms with Crippen LogP contribution < -0.4 is 0 Å². The average Bonchev–Trinajstić information content (AvgIpc) is 2.86. The number of phenols is 1. The van der Waals surface area contributed by atoms with Gasteiger partial charge < -0.3 is 5.11 Å². The van der Waals surface area contributed by atoms with Crippen molar-refractivity contribution in [2.24, 2.45) is 0 Å². The Kier molecular flexibility index (Phi) is 5.15. The van der Waals surface area contributed by atoms with Crippen LogP contribution in [-0.2, 0) is 11.3 Å². The zero-order valence-corrected chi connectivity index (χ0v) is 15.0. The van der Waals surface area contributed by atoms with Crippen molar-refractivity contribution in [1.82, 2.24) is 4.90 Å². The predicted octanol–water partition coefficient (Wildman–Crippen LogP) is 4.33. The fourth-order valence-corrected chi connectivity index (χ4v) is 3.47. The number of rotatable bonds is 4. The van der Waals surface area contributed by atoms with Crippen molar-refractivity contribution in [3.8, 4) is 5.75 Å². The second kappa shape index (κ2) is 7.37. The van der Waals surface area contributed by atoms with E-state index < -0.39 is 33.3 Å². The van der Waals surface area contributed by atoms with E-state index in [0.717, 1.165) is 23.1 Å². The monoisotopic (exact) mass is 408 g/mol. The van der Waals surface area contributed by atoms with Crippen LogP contribution in [0.3, 0.4) is 0 Å². The number of para-hydroxylation sites is 1. The molecule has 1 N–H and O–H groups in total. The van der Waals surface area contributed by atoms with Crippen molar-refractivity contribution in [2.75, 3.05) is 0 Å². The minimum absolute atomic E-state index is 0.00553. The molecule has 2 aromatic rings. The first-order chi connectivity index (χ1) is 12.8. The molecule has 0 unspecified atom stereocenters. The second-order valence-corrected chi connectivity index (χ2v) is 6.88. The van der Waals surface area contributed by atoms with E-state index in [-0.39, 0.29) is 22.0 Å². The fourth-order valence-electron chi connectivity index (χ4n) is 2.41. The number of hydrogen-bond acceptors (Lipinski definition) is 6. The number of nitrogens with zero attached hydrogens (tertiary/aromatic N) is 2. The van der Waals surface area contributed by atoms with E-state index >= 15 is 0 Å². The lowest BCUT2D eigenvalue weighted by atomic mass is 10.1. The molecule has 0 bridgehead atoms. The molecule has 0 saturated carbocycles. The lowest BCUT2D eigenvalue weighted by Gasteiger charge is -2.13. The van der Waals surface area contributed by atoms with Gasteiger partial charge in [-0.15, -0.1) is 0 Å². The van der Waals surface area contributed by atoms with Gasteiger partial charge in [0, 0.05) is 16.7 Å². The van der Waals surface area contributed by atoms with Crippen LogP contribution in [-0.4, -0.2) is 26.1 Å². The summed E-state index contributed by atoms with van der Waals surface area (Å²) in [6, 6.07) is 7.47. The molecule has 2 amide bonds. The second-order valence-electron chi connectivity index (χ2n) is 5.48. The molecule has 0 atom stereocenters. The quantitative estimate of drug-likeness (QED) is 0.459. The van der Waals surface area contributed by atoms with Crippen molar-refractivity contribution in [1.29, 1.82) is 0 Å². The summed E-state index contributed by atoms with van der Waals surface area (Å²) >= 11 is 6.56. The Morgan fingerprint density at radius 1 is 1.30 bits per heavy atom. The van der Waals surface area contributed by atoms with Gasteiger partial charge in [0.15, 0.2) is 0 Å². The van der Waals surface area contributed by atoms with Crippen LogP contribution in [0.1, 0.15) is 11.1 Å². The third kappa shape index (κ3) is 3.79. The number of imide groups is 1. The summed E-state index contributed by atoms with van der Waals surface area (Å²) < 4.78 is 13.1. The van der Waals surface area contributed by atoms with Crippen molar-refractivity contribution < 1.29 is 24.0 Å². The summed E-state index contributed by atoms with van der Waals surface area (Å²) in [6.45, 7) is -0.151. The van der Waals surface area contributed by atoms with Gasteiger partial charge in [0.25, 0.3) is 11.1 Å². The van der Waals surface area contributed by atoms with E-state index in [0.29, 0.717) is 17.3 Å². The first kappa shape index (κ1) is 18.9. The fraction of sp³-hybridized carbons (Fsp3) is 0.0588. The van der Waals surface area contributed by atoms with E-state index in [1.165, 1.54) is 24.3 Å². The number of thioether (sulfide) groups is 1. The summed E-state index contributed by atoms with van der Waals surface area (Å²) in [5.41, 5.74) is -0.0876. The maximum Gasteiger partial charge on any atom is 0.311 e. The average molecular weight is 409 g/mol. The molecule has 1 saturated heterocycles. The van der Waals surface area contributed by atoms with E-state index in [1.54, 1.807) is 0 Å². The molecule has 3 rings (SSSR count). The first-order valence-electron chi connectivity index (χ1n) is 7.43. The standard InChI is InChI=1S/C17H10ClFN2O5S/c18-12-7-11(19)5-4-10(12)8-20-16(23)14(27-17(20)24)6-9-2-1-3-13(15(9)22)21(25)26/h1-7,22H,8H2/b14-6-. The molecule has 1 heterocycles. The highest BCUT2D eigenvalue weighted by atomic mass is 35.5. The van der Waals surface area contributed by atoms with Crippen LogP contribution in [0.25, 0.3) is 6.08 Å². The molecule has 0 aromatic heterocycles. The molecule has 0 spiro atoms. The normalized spacial score (nSPS) is 15.6. The van der Waals surface area contributed by atoms with Gasteiger partial charge in [0.2, 0.25) is 5.75 Å². The molecule has 138 valence electrons. The number of aromatic hydroxyl groups is 1. The van der Waals surface area contributed by atoms with Crippen molar-refractivity contribution in [3.63, 3.8) is 0 Å². The van der Waals surface area contributed by atoms with Gasteiger partial charge in [0.05, 0.1) is 16.4 Å². The Morgan fingerprint density at radius 3 is 2.70 bits per heavy atom. The van der Waals surface area contributed by atoms with Crippen molar-refractivity contribution >= 4 is 46.3 Å². The molecular formula is C17H10ClFN2O5S. The predicted molar refractivity (Wildman–Crippen MR) is 97.7 cm³/mol. The largest absolute Gasteiger partial charge is 0.502 e. The molecule has 1 aliphatic heterocycles. The lowest BCUT2D eigenvalue weighted by molar-refractivity contribution is -0.385. The van der Waals surface area contributed by atoms with Gasteiger partial charge in [-0.3, -0.25) is 24.6 Å². The topological polar surface area (TPSA) is 101 Å². The van der Waals surface area contributed by atoms with E-state index in [1.807, 2.05) is 0 Å². The molecule has 1 aliphatic rings. The summed E-state index contributed by atoms with van der Waals surface area (Å²) in [4.78, 5) is 35.7. The Labute approximate surface area is 161 Å². The minimum atomic E-state index is -0.755. The zero-order valence-electron chi connectivity index (χ0n) is 13.4. The molecule has 0 aliphatic carbocycles. The maximum absolute atomic E-state index is 13.1. The van der Waals surface area contributed by atoms with Gasteiger partial charge in [-0.1, -0.05) is 29.8 Å². The maximum atomic E-state index is 13.1. The van der Waals surface area contributed by atoms with Crippen LogP contribution >= 0.6 is 23.4 Å². The number of nitro benzene ring substituents is 1. The summed E-state index contributed by atoms with van der Waals surface area (Å²) in [7, 11) is 0. The third-order valence-corrected chi connectivity index (χ3v) is 5.01. The number of carbonyl (C=O) groups is 2. The highest BCUT2D eigenvalue weighted by Crippen LogP contribution is 2.37. The molecule has 2 aromatic carbocycles. The summed E-state index contributed by atoms with van der Waals surface area (Å²) in [5.74, 6) is -1.79. The van der Waals surface area contributed by atoms with E-state index in [9.17, 15) is 29.2 Å². The SMILES string of the molecule is O=C1S/C(=C\c2cccc([N+](=O)[O-])c2O)C(=O)N1Cc1ccc(F)cc1Cl. The number of amides is 2. The highest BCUT2D eigenvalue weighted by Gasteiger charge is 2.35. The molecule has 27 heavy (non-hydrogen) atoms. The number of nitro groups is 1. The first-order valence-corrected chi connectivity index (χ1v) is 8.63. The third-order valence-electron chi connectivity index (χ3n) is 3.75. The molecule has 10 heteroatoms. The molecule has 7 nitrogen and oxygen atoms in total. The van der Waals surface area contributed by atoms with E-state index in [4.69, 9.17) is 11.6 Å². The van der Waals surface area contributed by atoms with Crippen molar-refractivity contribution in [3.05, 3.63) is 73.4 Å². The smallest absolute Gasteiger partial charge is 0.311 e. The number of phenolic OH excluding ortho intramolecular Hbond substituents is 1. The Hall–Kier alpha value is -2.91. The van der Waals surface area contributed by atoms with Crippen LogP contribution in [0, 0.1) is 15.9 Å². The van der Waals surface area contributed by atoms with E-state index in [2.05, 4.69) is 0 Å². The zero-order chi connectivity index (χ0) is 19.7. The Balaban J connectivity index is 1.89. The molecule has 1 fully saturated rings. The van der Waals surface area contributed by atoms with Crippen LogP contribution in [0.2, 0.25) is 5.02 Å². The van der Waals surface area contributed by atoms with Gasteiger partial charge in [-0.25, -0.2) is 4.39 Å². The summed E-state index contributed by atoms with van der Waals surface area (Å²) in [6.07, 6.45) is 1.21. The van der Waals surface area contributed by atoms with Gasteiger partial charge in [-0.2, -0.15) is 0 Å². The summed E-state index contributed by atoms with van der Waals surface area (Å²) in [5, 5.41) is 20.4. The number of benzene rings is 2. The molecule has 0 radical (unpaired) electrons. The van der Waals surface area contributed by atoms with Gasteiger partial charge in [-0.05, 0) is 35.5 Å². The van der Waals surface area contributed by atoms with Gasteiger partial charge >= 0.3 is 5.69 Å². The molecular weight excluding hydrogens is 399 g/mol. The highest BCUT2D eigenvalue weighted by molar-refractivity contribution is 8.18. The van der Waals surface area contributed by atoms with Crippen LogP contribution in [0.15, 0.2) is 41.3 Å². The minimum Gasteiger partial charge on any atom is -0.502 e.